The van der Waals surface area contributed by atoms with Crippen molar-refractivity contribution in [1.29, 1.82) is 0 Å². The predicted molar refractivity (Wildman–Crippen MR) is 145 cm³/mol. The zero-order chi connectivity index (χ0) is 20.1. The van der Waals surface area contributed by atoms with Crippen molar-refractivity contribution in [2.75, 3.05) is 24.6 Å². The Morgan fingerprint density at radius 1 is 0.357 bits per heavy atom. The fraction of sp³-hybridized carbons (Fsp3) is 1.00. The van der Waals surface area contributed by atoms with Gasteiger partial charge in [0.2, 0.25) is 0 Å². The van der Waals surface area contributed by atoms with Gasteiger partial charge in [-0.15, -0.1) is 0 Å². The van der Waals surface area contributed by atoms with Gasteiger partial charge in [0.25, 0.3) is 0 Å². The molecular weight excluding hydrogens is 374 g/mol. The van der Waals surface area contributed by atoms with Gasteiger partial charge in [-0.05, 0) is 0 Å². The van der Waals surface area contributed by atoms with Crippen LogP contribution in [0.2, 0.25) is 0 Å². The van der Waals surface area contributed by atoms with Crippen LogP contribution < -0.4 is 0 Å². The average molecular weight is 435 g/mol. The van der Waals surface area contributed by atoms with Gasteiger partial charge in [-0.2, -0.15) is 9.90 Å². The smallest absolute Gasteiger partial charge is 0.153 e. The van der Waals surface area contributed by atoms with E-state index >= 15 is 0 Å². The van der Waals surface area contributed by atoms with Crippen LogP contribution >= 0.6 is 17.2 Å². The normalized spacial score (nSPS) is 12.1. The van der Waals surface area contributed by atoms with Gasteiger partial charge in [0.15, 0.2) is 0 Å². The molecule has 1 atom stereocenters. The zero-order valence-electron chi connectivity index (χ0n) is 20.8. The molecule has 0 saturated carbocycles. The topological polar surface area (TPSA) is 0 Å². The Bertz CT molecular complexity index is 237. The third-order valence-electron chi connectivity index (χ3n) is 6.93. The van der Waals surface area contributed by atoms with E-state index in [0.717, 1.165) is 0 Å². The van der Waals surface area contributed by atoms with Gasteiger partial charge in [0, 0.05) is 0 Å². The van der Waals surface area contributed by atoms with Gasteiger partial charge in [0.05, 0.1) is 0 Å². The van der Waals surface area contributed by atoms with Gasteiger partial charge in [-0.25, -0.2) is 0 Å². The van der Waals surface area contributed by atoms with Crippen LogP contribution in [0.1, 0.15) is 143 Å². The molecule has 0 radical (unpaired) electrons. The van der Waals surface area contributed by atoms with E-state index in [0.29, 0.717) is 0 Å². The monoisotopic (exact) mass is 434 g/mol. The second-order valence-electron chi connectivity index (χ2n) is 9.41. The molecule has 0 N–H and O–H groups in total. The fourth-order valence-electron chi connectivity index (χ4n) is 4.75. The summed E-state index contributed by atoms with van der Waals surface area (Å²) in [6.45, 7) is 9.54. The molecule has 0 amide bonds. The minimum absolute atomic E-state index is 0. The Morgan fingerprint density at radius 2 is 0.607 bits per heavy atom. The molecule has 2 heteroatoms. The third-order valence-corrected chi connectivity index (χ3v) is 12.7. The molecule has 0 saturated heterocycles. The molecule has 0 aromatic rings. The summed E-state index contributed by atoms with van der Waals surface area (Å²) in [6, 6.07) is 0. The number of rotatable bonds is 22. The summed E-state index contributed by atoms with van der Waals surface area (Å²) >= 11 is 0. The van der Waals surface area contributed by atoms with E-state index in [1.54, 1.807) is 43.9 Å². The van der Waals surface area contributed by atoms with Crippen molar-refractivity contribution in [2.24, 2.45) is 0 Å². The molecular formula is C26H60P2. The SMILES string of the molecule is CCCCCCCC[PH](CC)(CCCCCCCC)CCCCCCCC.P. The maximum Gasteiger partial charge on any atom is -0.153 e. The molecule has 0 aliphatic rings. The molecule has 28 heavy (non-hydrogen) atoms. The van der Waals surface area contributed by atoms with E-state index in [1.807, 2.05) is 0 Å². The molecule has 0 aromatic carbocycles. The van der Waals surface area contributed by atoms with Crippen LogP contribution in [0.5, 0.6) is 0 Å². The Morgan fingerprint density at radius 3 is 0.857 bits per heavy atom. The van der Waals surface area contributed by atoms with E-state index in [9.17, 15) is 0 Å². The first-order chi connectivity index (χ1) is 13.2. The summed E-state index contributed by atoms with van der Waals surface area (Å²) in [4.78, 5) is 0. The summed E-state index contributed by atoms with van der Waals surface area (Å²) in [5.41, 5.74) is 0. The summed E-state index contributed by atoms with van der Waals surface area (Å²) in [7, 11) is -0.975. The van der Waals surface area contributed by atoms with Crippen molar-refractivity contribution in [3.8, 4) is 0 Å². The van der Waals surface area contributed by atoms with E-state index < -0.39 is 7.26 Å². The molecule has 1 unspecified atom stereocenters. The van der Waals surface area contributed by atoms with Crippen molar-refractivity contribution in [3.05, 3.63) is 0 Å². The first kappa shape index (κ1) is 31.0. The predicted octanol–water partition coefficient (Wildman–Crippen LogP) is 9.90. The zero-order valence-corrected chi connectivity index (χ0v) is 23.2. The van der Waals surface area contributed by atoms with Gasteiger partial charge in [0.1, 0.15) is 0 Å². The molecule has 0 spiro atoms. The fourth-order valence-corrected chi connectivity index (χ4v) is 9.56. The van der Waals surface area contributed by atoms with Gasteiger partial charge in [-0.3, -0.25) is 0 Å². The second-order valence-corrected chi connectivity index (χ2v) is 14.6. The van der Waals surface area contributed by atoms with E-state index in [2.05, 4.69) is 27.7 Å². The van der Waals surface area contributed by atoms with Crippen LogP contribution in [0.25, 0.3) is 0 Å². The van der Waals surface area contributed by atoms with E-state index in [-0.39, 0.29) is 9.90 Å². The van der Waals surface area contributed by atoms with Crippen molar-refractivity contribution >= 4 is 17.2 Å². The Kier molecular flexibility index (Phi) is 26.8. The maximum atomic E-state index is 2.55. The molecule has 0 rings (SSSR count). The Hall–Kier alpha value is 0.860. The number of hydrogen-bond donors (Lipinski definition) is 0. The third kappa shape index (κ3) is 18.9. The number of hydrogen-bond acceptors (Lipinski definition) is 0. The standard InChI is InChI=1S/C26H57P.H3P/c1-5-9-12-15-18-21-24-27(8-4,25-22-19-16-13-10-6-2)26-23-20-17-14-11-7-3;/h27H,5-26H2,1-4H3;1H3. The average Bonchev–Trinajstić information content (AvgIpc) is 2.69. The van der Waals surface area contributed by atoms with Crippen LogP contribution in [-0.2, 0) is 0 Å². The quantitative estimate of drug-likeness (QED) is 0.117. The first-order valence-corrected chi connectivity index (χ1v) is 16.1. The molecule has 0 heterocycles. The largest absolute Gasteiger partial charge is 0.153 e. The molecule has 0 aliphatic carbocycles. The van der Waals surface area contributed by atoms with Crippen molar-refractivity contribution in [2.45, 2.75) is 143 Å². The van der Waals surface area contributed by atoms with Crippen LogP contribution in [0, 0.1) is 0 Å². The van der Waals surface area contributed by atoms with Crippen LogP contribution in [0.15, 0.2) is 0 Å². The minimum Gasteiger partial charge on any atom is -0.153 e. The molecule has 0 aromatic heterocycles. The van der Waals surface area contributed by atoms with E-state index in [1.165, 1.54) is 96.3 Å². The van der Waals surface area contributed by atoms with Crippen LogP contribution in [0.3, 0.4) is 0 Å². The summed E-state index contributed by atoms with van der Waals surface area (Å²) in [5, 5.41) is 0. The molecule has 0 fully saturated rings. The van der Waals surface area contributed by atoms with Gasteiger partial charge in [-0.1, -0.05) is 0 Å². The second kappa shape index (κ2) is 24.1. The summed E-state index contributed by atoms with van der Waals surface area (Å²) < 4.78 is 0. The van der Waals surface area contributed by atoms with Crippen molar-refractivity contribution < 1.29 is 0 Å². The number of unbranched alkanes of at least 4 members (excludes halogenated alkanes) is 15. The first-order valence-electron chi connectivity index (χ1n) is 13.2. The Balaban J connectivity index is 0. The summed E-state index contributed by atoms with van der Waals surface area (Å²) in [5.74, 6) is 0. The Labute approximate surface area is 185 Å². The summed E-state index contributed by atoms with van der Waals surface area (Å²) in [6.07, 6.45) is 33.1. The van der Waals surface area contributed by atoms with Crippen molar-refractivity contribution in [1.82, 2.24) is 0 Å². The molecule has 0 nitrogen and oxygen atoms in total. The van der Waals surface area contributed by atoms with Crippen LogP contribution in [0.4, 0.5) is 0 Å². The van der Waals surface area contributed by atoms with Crippen LogP contribution in [-0.4, -0.2) is 24.6 Å². The van der Waals surface area contributed by atoms with E-state index in [4.69, 9.17) is 0 Å². The van der Waals surface area contributed by atoms with Gasteiger partial charge >= 0.3 is 175 Å². The minimum atomic E-state index is -0.975. The molecule has 0 aliphatic heterocycles. The van der Waals surface area contributed by atoms with Crippen molar-refractivity contribution in [3.63, 3.8) is 0 Å². The maximum absolute atomic E-state index is 2.55. The molecule has 0 bridgehead atoms. The van der Waals surface area contributed by atoms with Gasteiger partial charge < -0.3 is 0 Å². The molecule has 174 valence electrons.